The zero-order chi connectivity index (χ0) is 7.40. The molecule has 0 saturated carbocycles. The van der Waals surface area contributed by atoms with Crippen molar-refractivity contribution in [2.24, 2.45) is 0 Å². The smallest absolute Gasteiger partial charge is 0.107 e. The highest BCUT2D eigenvalue weighted by atomic mass is 32.2. The Balaban J connectivity index is 2.40. The molecule has 1 nitrogen and oxygen atoms in total. The van der Waals surface area contributed by atoms with Gasteiger partial charge in [-0.2, -0.15) is 0 Å². The normalized spacial score (nSPS) is 13.4. The predicted molar refractivity (Wildman–Crippen MR) is 47.4 cm³/mol. The zero-order valence-electron chi connectivity index (χ0n) is 5.91. The van der Waals surface area contributed by atoms with Crippen LogP contribution < -0.4 is 0 Å². The molecule has 0 fully saturated rings. The molecule has 10 heavy (non-hydrogen) atoms. The standard InChI is InChI=1S/C7H10NS2/c1-3-6(2)10-7-4-9-5-8-7/h4-6H,1,3H2,2H3. The second-order valence-corrected chi connectivity index (χ2v) is 4.22. The first-order valence-electron chi connectivity index (χ1n) is 3.17. The maximum atomic E-state index is 4.16. The highest BCUT2D eigenvalue weighted by molar-refractivity contribution is 7.99. The van der Waals surface area contributed by atoms with Gasteiger partial charge in [-0.15, -0.1) is 23.1 Å². The lowest BCUT2D eigenvalue weighted by Crippen LogP contribution is -1.91. The molecule has 1 heterocycles. The van der Waals surface area contributed by atoms with Crippen LogP contribution in [0, 0.1) is 6.92 Å². The second-order valence-electron chi connectivity index (χ2n) is 2.04. The van der Waals surface area contributed by atoms with E-state index in [4.69, 9.17) is 0 Å². The Kier molecular flexibility index (Phi) is 3.22. The van der Waals surface area contributed by atoms with Crippen LogP contribution >= 0.6 is 23.1 Å². The molecule has 0 spiro atoms. The molecule has 1 rings (SSSR count). The molecule has 3 heteroatoms. The van der Waals surface area contributed by atoms with Crippen LogP contribution in [-0.4, -0.2) is 10.2 Å². The molecule has 0 amide bonds. The number of nitrogens with zero attached hydrogens (tertiary/aromatic N) is 1. The minimum absolute atomic E-state index is 0.585. The molecule has 1 radical (unpaired) electrons. The van der Waals surface area contributed by atoms with Crippen LogP contribution in [0.5, 0.6) is 0 Å². The van der Waals surface area contributed by atoms with Crippen LogP contribution in [0.1, 0.15) is 13.3 Å². The van der Waals surface area contributed by atoms with E-state index in [-0.39, 0.29) is 0 Å². The van der Waals surface area contributed by atoms with Crippen molar-refractivity contribution in [3.63, 3.8) is 0 Å². The van der Waals surface area contributed by atoms with Gasteiger partial charge >= 0.3 is 0 Å². The quantitative estimate of drug-likeness (QED) is 0.650. The fourth-order valence-electron chi connectivity index (χ4n) is 0.525. The van der Waals surface area contributed by atoms with Crippen LogP contribution in [0.2, 0.25) is 0 Å². The average molecular weight is 172 g/mol. The summed E-state index contributed by atoms with van der Waals surface area (Å²) in [5, 5.41) is 3.78. The summed E-state index contributed by atoms with van der Waals surface area (Å²) in [7, 11) is 0. The van der Waals surface area contributed by atoms with E-state index in [9.17, 15) is 0 Å². The summed E-state index contributed by atoms with van der Waals surface area (Å²) in [6.45, 7) is 5.98. The molecule has 0 aliphatic carbocycles. The van der Waals surface area contributed by atoms with Gasteiger partial charge in [0.2, 0.25) is 0 Å². The van der Waals surface area contributed by atoms with E-state index < -0.39 is 0 Å². The fraction of sp³-hybridized carbons (Fsp3) is 0.429. The number of thiazole rings is 1. The van der Waals surface area contributed by atoms with Gasteiger partial charge < -0.3 is 0 Å². The Morgan fingerprint density at radius 3 is 3.20 bits per heavy atom. The Bertz CT molecular complexity index is 172. The third-order valence-corrected chi connectivity index (χ3v) is 2.98. The number of hydrogen-bond acceptors (Lipinski definition) is 3. The first-order valence-corrected chi connectivity index (χ1v) is 4.99. The molecule has 0 aliphatic heterocycles. The van der Waals surface area contributed by atoms with E-state index in [1.807, 2.05) is 5.51 Å². The lowest BCUT2D eigenvalue weighted by Gasteiger charge is -2.02. The van der Waals surface area contributed by atoms with Gasteiger partial charge in [-0.25, -0.2) is 4.98 Å². The Labute approximate surface area is 69.9 Å². The van der Waals surface area contributed by atoms with E-state index in [0.717, 1.165) is 11.4 Å². The van der Waals surface area contributed by atoms with Crippen LogP contribution in [-0.2, 0) is 0 Å². The number of rotatable bonds is 3. The third-order valence-electron chi connectivity index (χ3n) is 1.14. The zero-order valence-corrected chi connectivity index (χ0v) is 7.54. The number of thioether (sulfide) groups is 1. The minimum atomic E-state index is 0.585. The van der Waals surface area contributed by atoms with Crippen molar-refractivity contribution in [3.05, 3.63) is 17.8 Å². The van der Waals surface area contributed by atoms with Crippen molar-refractivity contribution in [1.82, 2.24) is 4.98 Å². The fourth-order valence-corrected chi connectivity index (χ4v) is 2.04. The molecule has 0 aromatic carbocycles. The van der Waals surface area contributed by atoms with Gasteiger partial charge in [-0.05, 0) is 6.42 Å². The van der Waals surface area contributed by atoms with Crippen LogP contribution in [0.3, 0.4) is 0 Å². The molecule has 1 unspecified atom stereocenters. The maximum absolute atomic E-state index is 4.16. The SMILES string of the molecule is [CH2]CC(C)Sc1cscn1. The first-order chi connectivity index (χ1) is 4.83. The molecule has 1 aromatic rings. The summed E-state index contributed by atoms with van der Waals surface area (Å²) in [4.78, 5) is 4.16. The molecule has 1 aromatic heterocycles. The molecule has 0 bridgehead atoms. The van der Waals surface area contributed by atoms with Crippen molar-refractivity contribution >= 4 is 23.1 Å². The Morgan fingerprint density at radius 1 is 1.90 bits per heavy atom. The van der Waals surface area contributed by atoms with E-state index in [0.29, 0.717) is 5.25 Å². The number of aromatic nitrogens is 1. The Hall–Kier alpha value is -0.0200. The first kappa shape index (κ1) is 8.08. The van der Waals surface area contributed by atoms with Gasteiger partial charge in [0.15, 0.2) is 0 Å². The van der Waals surface area contributed by atoms with E-state index >= 15 is 0 Å². The summed E-state index contributed by atoms with van der Waals surface area (Å²) in [6, 6.07) is 0. The summed E-state index contributed by atoms with van der Waals surface area (Å²) in [6.07, 6.45) is 0.961. The van der Waals surface area contributed by atoms with Gasteiger partial charge in [-0.1, -0.05) is 13.8 Å². The van der Waals surface area contributed by atoms with Crippen LogP contribution in [0.15, 0.2) is 15.9 Å². The minimum Gasteiger partial charge on any atom is -0.238 e. The van der Waals surface area contributed by atoms with Crippen molar-refractivity contribution in [2.45, 2.75) is 23.6 Å². The van der Waals surface area contributed by atoms with Crippen LogP contribution in [0.25, 0.3) is 0 Å². The monoisotopic (exact) mass is 172 g/mol. The summed E-state index contributed by atoms with van der Waals surface area (Å²) < 4.78 is 0. The van der Waals surface area contributed by atoms with Gasteiger partial charge in [-0.3, -0.25) is 0 Å². The molecule has 1 atom stereocenters. The number of hydrogen-bond donors (Lipinski definition) is 0. The molecular formula is C7H10NS2. The molecule has 0 aliphatic rings. The molecule has 55 valence electrons. The molecule has 0 saturated heterocycles. The van der Waals surface area contributed by atoms with Crippen LogP contribution in [0.4, 0.5) is 0 Å². The highest BCUT2D eigenvalue weighted by Gasteiger charge is 2.01. The van der Waals surface area contributed by atoms with Crippen molar-refractivity contribution in [1.29, 1.82) is 0 Å². The van der Waals surface area contributed by atoms with E-state index in [1.54, 1.807) is 23.1 Å². The molecular weight excluding hydrogens is 162 g/mol. The maximum Gasteiger partial charge on any atom is 0.107 e. The van der Waals surface area contributed by atoms with Gasteiger partial charge in [0.25, 0.3) is 0 Å². The summed E-state index contributed by atoms with van der Waals surface area (Å²) >= 11 is 3.43. The topological polar surface area (TPSA) is 12.9 Å². The third kappa shape index (κ3) is 2.31. The average Bonchev–Trinajstić information content (AvgIpc) is 2.40. The van der Waals surface area contributed by atoms with Gasteiger partial charge in [0.1, 0.15) is 5.03 Å². The van der Waals surface area contributed by atoms with Crippen molar-refractivity contribution in [3.8, 4) is 0 Å². The largest absolute Gasteiger partial charge is 0.238 e. The van der Waals surface area contributed by atoms with E-state index in [2.05, 4.69) is 24.2 Å². The van der Waals surface area contributed by atoms with Crippen molar-refractivity contribution in [2.75, 3.05) is 0 Å². The second kappa shape index (κ2) is 3.98. The summed E-state index contributed by atoms with van der Waals surface area (Å²) in [5.41, 5.74) is 1.86. The molecule has 0 N–H and O–H groups in total. The lowest BCUT2D eigenvalue weighted by molar-refractivity contribution is 0.972. The van der Waals surface area contributed by atoms with E-state index in [1.165, 1.54) is 0 Å². The Morgan fingerprint density at radius 2 is 2.70 bits per heavy atom. The lowest BCUT2D eigenvalue weighted by atomic mass is 10.4. The summed E-state index contributed by atoms with van der Waals surface area (Å²) in [5.74, 6) is 0. The van der Waals surface area contributed by atoms with Gasteiger partial charge in [0, 0.05) is 10.6 Å². The van der Waals surface area contributed by atoms with Crippen molar-refractivity contribution < 1.29 is 0 Å². The van der Waals surface area contributed by atoms with Gasteiger partial charge in [0.05, 0.1) is 5.51 Å². The predicted octanol–water partition coefficient (Wildman–Crippen LogP) is 2.85. The highest BCUT2D eigenvalue weighted by Crippen LogP contribution is 2.23.